The highest BCUT2D eigenvalue weighted by atomic mass is 32.2. The van der Waals surface area contributed by atoms with Gasteiger partial charge in [-0.1, -0.05) is 6.07 Å². The number of hydrogen-bond donors (Lipinski definition) is 1. The third-order valence-electron chi connectivity index (χ3n) is 3.74. The molecule has 1 aromatic heterocycles. The second kappa shape index (κ2) is 5.26. The Morgan fingerprint density at radius 2 is 2.04 bits per heavy atom. The van der Waals surface area contributed by atoms with Crippen LogP contribution in [0.1, 0.15) is 17.0 Å². The first-order chi connectivity index (χ1) is 10.7. The molecule has 124 valence electrons. The van der Waals surface area contributed by atoms with E-state index in [4.69, 9.17) is 0 Å². The molecule has 0 spiro atoms. The maximum atomic E-state index is 12.7. The molecule has 1 aliphatic heterocycles. The van der Waals surface area contributed by atoms with Crippen molar-refractivity contribution in [2.75, 3.05) is 11.1 Å². The summed E-state index contributed by atoms with van der Waals surface area (Å²) in [4.78, 5) is 0.291. The number of aryl methyl sites for hydroxylation is 2. The standard InChI is InChI=1S/C14H14F3N3O2S/c1-20-13(14(15,16)17)7-11(19-20)8-18-10-3-2-9-4-5-23(21,22)12(9)6-10/h2-3,6-7,18H,4-5,8H2,1H3. The van der Waals surface area contributed by atoms with Crippen LogP contribution in [-0.4, -0.2) is 24.0 Å². The van der Waals surface area contributed by atoms with Crippen LogP contribution < -0.4 is 5.32 Å². The van der Waals surface area contributed by atoms with Crippen molar-refractivity contribution in [1.82, 2.24) is 9.78 Å². The normalized spacial score (nSPS) is 16.3. The van der Waals surface area contributed by atoms with Gasteiger partial charge in [-0.05, 0) is 30.2 Å². The molecule has 0 unspecified atom stereocenters. The van der Waals surface area contributed by atoms with Crippen LogP contribution in [0.15, 0.2) is 29.2 Å². The van der Waals surface area contributed by atoms with E-state index >= 15 is 0 Å². The van der Waals surface area contributed by atoms with Crippen molar-refractivity contribution in [3.63, 3.8) is 0 Å². The predicted octanol–water partition coefficient (Wildman–Crippen LogP) is 2.38. The van der Waals surface area contributed by atoms with Crippen molar-refractivity contribution in [1.29, 1.82) is 0 Å². The van der Waals surface area contributed by atoms with Crippen molar-refractivity contribution in [2.45, 2.75) is 24.0 Å². The van der Waals surface area contributed by atoms with E-state index in [2.05, 4.69) is 10.4 Å². The molecule has 0 saturated carbocycles. The summed E-state index contributed by atoms with van der Waals surface area (Å²) in [6.07, 6.45) is -3.96. The van der Waals surface area contributed by atoms with Gasteiger partial charge in [-0.25, -0.2) is 8.42 Å². The van der Waals surface area contributed by atoms with Crippen LogP contribution in [0.4, 0.5) is 18.9 Å². The lowest BCUT2D eigenvalue weighted by Gasteiger charge is -2.06. The van der Waals surface area contributed by atoms with Gasteiger partial charge in [0, 0.05) is 12.7 Å². The third-order valence-corrected chi connectivity index (χ3v) is 5.53. The highest BCUT2D eigenvalue weighted by Crippen LogP contribution is 2.30. The number of aromatic nitrogens is 2. The molecule has 1 aliphatic rings. The molecule has 0 amide bonds. The van der Waals surface area contributed by atoms with Crippen molar-refractivity contribution in [3.8, 4) is 0 Å². The van der Waals surface area contributed by atoms with Crippen LogP contribution in [0, 0.1) is 0 Å². The molecule has 0 bridgehead atoms. The van der Waals surface area contributed by atoms with Gasteiger partial charge in [0.2, 0.25) is 0 Å². The molecule has 0 atom stereocenters. The van der Waals surface area contributed by atoms with E-state index in [1.165, 1.54) is 13.1 Å². The second-order valence-corrected chi connectivity index (χ2v) is 7.46. The number of halogens is 3. The van der Waals surface area contributed by atoms with Crippen LogP contribution in [0.2, 0.25) is 0 Å². The van der Waals surface area contributed by atoms with E-state index in [-0.39, 0.29) is 18.0 Å². The smallest absolute Gasteiger partial charge is 0.379 e. The summed E-state index contributed by atoms with van der Waals surface area (Å²) in [6.45, 7) is 0.0722. The lowest BCUT2D eigenvalue weighted by Crippen LogP contribution is -2.11. The molecular formula is C14H14F3N3O2S. The third kappa shape index (κ3) is 3.05. The van der Waals surface area contributed by atoms with E-state index < -0.39 is 21.7 Å². The molecule has 9 heteroatoms. The van der Waals surface area contributed by atoms with Gasteiger partial charge in [-0.15, -0.1) is 0 Å². The topological polar surface area (TPSA) is 64.0 Å². The van der Waals surface area contributed by atoms with E-state index in [1.54, 1.807) is 12.1 Å². The molecule has 0 radical (unpaired) electrons. The van der Waals surface area contributed by atoms with Gasteiger partial charge < -0.3 is 5.32 Å². The van der Waals surface area contributed by atoms with Gasteiger partial charge in [-0.3, -0.25) is 4.68 Å². The van der Waals surface area contributed by atoms with Crippen molar-refractivity contribution in [2.24, 2.45) is 7.05 Å². The summed E-state index contributed by atoms with van der Waals surface area (Å²) in [6, 6.07) is 5.93. The Morgan fingerprint density at radius 1 is 1.30 bits per heavy atom. The lowest BCUT2D eigenvalue weighted by atomic mass is 10.1. The number of nitrogens with zero attached hydrogens (tertiary/aromatic N) is 2. The van der Waals surface area contributed by atoms with Crippen molar-refractivity contribution < 1.29 is 21.6 Å². The molecule has 1 aromatic carbocycles. The number of sulfone groups is 1. The molecule has 0 saturated heterocycles. The van der Waals surface area contributed by atoms with E-state index in [1.807, 2.05) is 0 Å². The summed E-state index contributed by atoms with van der Waals surface area (Å²) in [5.41, 5.74) is 0.704. The first kappa shape index (κ1) is 15.9. The number of hydrogen-bond acceptors (Lipinski definition) is 4. The highest BCUT2D eigenvalue weighted by molar-refractivity contribution is 7.91. The average Bonchev–Trinajstić information content (AvgIpc) is 2.97. The highest BCUT2D eigenvalue weighted by Gasteiger charge is 2.34. The largest absolute Gasteiger partial charge is 0.433 e. The molecule has 2 heterocycles. The first-order valence-electron chi connectivity index (χ1n) is 6.86. The number of nitrogens with one attached hydrogen (secondary N) is 1. The quantitative estimate of drug-likeness (QED) is 0.928. The maximum Gasteiger partial charge on any atom is 0.433 e. The summed E-state index contributed by atoms with van der Waals surface area (Å²) >= 11 is 0. The van der Waals surface area contributed by atoms with Crippen LogP contribution in [0.25, 0.3) is 0 Å². The molecular weight excluding hydrogens is 331 g/mol. The summed E-state index contributed by atoms with van der Waals surface area (Å²) in [5.74, 6) is 0.0982. The van der Waals surface area contributed by atoms with Crippen LogP contribution in [-0.2, 0) is 36.0 Å². The first-order valence-corrected chi connectivity index (χ1v) is 8.52. The lowest BCUT2D eigenvalue weighted by molar-refractivity contribution is -0.143. The van der Waals surface area contributed by atoms with Crippen molar-refractivity contribution >= 4 is 15.5 Å². The Labute approximate surface area is 131 Å². The zero-order valence-corrected chi connectivity index (χ0v) is 13.0. The number of anilines is 1. The number of benzene rings is 1. The van der Waals surface area contributed by atoms with Crippen LogP contribution in [0.3, 0.4) is 0 Å². The fourth-order valence-corrected chi connectivity index (χ4v) is 4.17. The minimum atomic E-state index is -4.46. The summed E-state index contributed by atoms with van der Waals surface area (Å²) in [7, 11) is -2.01. The Morgan fingerprint density at radius 3 is 2.70 bits per heavy atom. The van der Waals surface area contributed by atoms with Gasteiger partial charge in [-0.2, -0.15) is 18.3 Å². The molecule has 5 nitrogen and oxygen atoms in total. The minimum absolute atomic E-state index is 0.0722. The number of rotatable bonds is 3. The molecule has 23 heavy (non-hydrogen) atoms. The number of fused-ring (bicyclic) bond motifs is 1. The van der Waals surface area contributed by atoms with Gasteiger partial charge in [0.25, 0.3) is 0 Å². The molecule has 0 aliphatic carbocycles. The Balaban J connectivity index is 1.78. The predicted molar refractivity (Wildman–Crippen MR) is 77.7 cm³/mol. The molecule has 3 rings (SSSR count). The van der Waals surface area contributed by atoms with E-state index in [0.717, 1.165) is 16.3 Å². The fourth-order valence-electron chi connectivity index (χ4n) is 2.59. The van der Waals surface area contributed by atoms with Gasteiger partial charge in [0.05, 0.1) is 22.9 Å². The van der Waals surface area contributed by atoms with Crippen LogP contribution >= 0.6 is 0 Å². The summed E-state index contributed by atoms with van der Waals surface area (Å²) in [5, 5.41) is 6.72. The molecule has 2 aromatic rings. The Hall–Kier alpha value is -2.03. The second-order valence-electron chi connectivity index (χ2n) is 5.39. The maximum absolute atomic E-state index is 12.7. The summed E-state index contributed by atoms with van der Waals surface area (Å²) < 4.78 is 62.7. The monoisotopic (exact) mass is 345 g/mol. The average molecular weight is 345 g/mol. The van der Waals surface area contributed by atoms with E-state index in [0.29, 0.717) is 17.0 Å². The SMILES string of the molecule is Cn1nc(CNc2ccc3c(c2)S(=O)(=O)CC3)cc1C(F)(F)F. The van der Waals surface area contributed by atoms with Gasteiger partial charge in [0.1, 0.15) is 5.69 Å². The van der Waals surface area contributed by atoms with E-state index in [9.17, 15) is 21.6 Å². The molecule has 1 N–H and O–H groups in total. The van der Waals surface area contributed by atoms with Gasteiger partial charge in [0.15, 0.2) is 9.84 Å². The minimum Gasteiger partial charge on any atom is -0.379 e. The van der Waals surface area contributed by atoms with Crippen molar-refractivity contribution in [3.05, 3.63) is 41.2 Å². The zero-order valence-electron chi connectivity index (χ0n) is 12.2. The zero-order chi connectivity index (χ0) is 16.8. The fraction of sp³-hybridized carbons (Fsp3) is 0.357. The Bertz CT molecular complexity index is 857. The number of alkyl halides is 3. The van der Waals surface area contributed by atoms with Gasteiger partial charge >= 0.3 is 6.18 Å². The molecule has 0 fully saturated rings. The van der Waals surface area contributed by atoms with Crippen LogP contribution in [0.5, 0.6) is 0 Å². The Kier molecular flexibility index (Phi) is 3.62.